The number of carbonyl (C=O) groups is 2. The van der Waals surface area contributed by atoms with Crippen molar-refractivity contribution < 1.29 is 23.1 Å². The fourth-order valence-corrected chi connectivity index (χ4v) is 4.62. The van der Waals surface area contributed by atoms with Gasteiger partial charge in [-0.3, -0.25) is 4.79 Å². The molecule has 4 rings (SSSR count). The molecule has 2 heterocycles. The molecule has 3 N–H and O–H groups in total. The van der Waals surface area contributed by atoms with Crippen LogP contribution in [0.25, 0.3) is 11.5 Å². The zero-order valence-electron chi connectivity index (χ0n) is 19.2. The van der Waals surface area contributed by atoms with E-state index < -0.39 is 23.6 Å². The summed E-state index contributed by atoms with van der Waals surface area (Å²) in [6.45, 7) is 5.33. The number of alkyl carbamates (subject to hydrolysis) is 1. The predicted molar refractivity (Wildman–Crippen MR) is 131 cm³/mol. The van der Waals surface area contributed by atoms with Crippen molar-refractivity contribution in [2.75, 3.05) is 16.4 Å². The first-order valence-electron chi connectivity index (χ1n) is 10.6. The molecule has 0 fully saturated rings. The lowest BCUT2D eigenvalue weighted by molar-refractivity contribution is -0.120. The minimum absolute atomic E-state index is 0.000933. The van der Waals surface area contributed by atoms with Gasteiger partial charge in [-0.15, -0.1) is 16.9 Å². The van der Waals surface area contributed by atoms with Crippen LogP contribution in [0.5, 0.6) is 0 Å². The number of hydrogen-bond acceptors (Lipinski definition) is 8. The minimum Gasteiger partial charge on any atom is -0.444 e. The third-order valence-corrected chi connectivity index (χ3v) is 6.31. The molecule has 0 bridgehead atoms. The maximum atomic E-state index is 15.0. The molecule has 1 aromatic heterocycles. The van der Waals surface area contributed by atoms with E-state index in [1.807, 2.05) is 0 Å². The summed E-state index contributed by atoms with van der Waals surface area (Å²) >= 11 is 7.25. The van der Waals surface area contributed by atoms with Crippen molar-refractivity contribution in [1.82, 2.24) is 15.5 Å². The van der Waals surface area contributed by atoms with E-state index >= 15 is 4.39 Å². The van der Waals surface area contributed by atoms with Gasteiger partial charge in [-0.2, -0.15) is 0 Å². The number of hydrogen-bond donors (Lipinski definition) is 2. The van der Waals surface area contributed by atoms with Crippen molar-refractivity contribution in [3.8, 4) is 11.5 Å². The smallest absolute Gasteiger partial charge is 0.408 e. The number of nitrogen functional groups attached to an aromatic ring is 1. The highest BCUT2D eigenvalue weighted by Gasteiger charge is 2.34. The third-order valence-electron chi connectivity index (χ3n) is 4.92. The molecule has 1 aliphatic heterocycles. The van der Waals surface area contributed by atoms with Gasteiger partial charge < -0.3 is 25.1 Å². The first-order chi connectivity index (χ1) is 16.5. The van der Waals surface area contributed by atoms with E-state index in [9.17, 15) is 9.59 Å². The molecule has 0 saturated heterocycles. The van der Waals surface area contributed by atoms with Crippen molar-refractivity contribution in [1.29, 1.82) is 0 Å². The van der Waals surface area contributed by atoms with Gasteiger partial charge in [0.2, 0.25) is 0 Å². The number of nitrogens with zero attached hydrogens (tertiary/aromatic N) is 3. The lowest BCUT2D eigenvalue weighted by atomic mass is 10.1. The van der Waals surface area contributed by atoms with Gasteiger partial charge in [0.05, 0.1) is 17.8 Å². The molecule has 35 heavy (non-hydrogen) atoms. The molecule has 0 aliphatic carbocycles. The highest BCUT2D eigenvalue weighted by atomic mass is 35.5. The van der Waals surface area contributed by atoms with E-state index in [4.69, 9.17) is 26.5 Å². The minimum atomic E-state index is -0.917. The summed E-state index contributed by atoms with van der Waals surface area (Å²) in [5.74, 6) is -0.939. The molecule has 184 valence electrons. The van der Waals surface area contributed by atoms with Crippen LogP contribution >= 0.6 is 23.4 Å². The SMILES string of the molecule is CC(C)(C)OC(=O)N[C@H]1CSc2cc(F)c(-c3nnc(N)o3)cc2N(Cc2ccc(Cl)cc2)C1=O. The van der Waals surface area contributed by atoms with Crippen LogP contribution in [-0.2, 0) is 16.1 Å². The Labute approximate surface area is 210 Å². The number of nitrogens with two attached hydrogens (primary N) is 1. The molecular formula is C23H23ClFN5O4S. The van der Waals surface area contributed by atoms with E-state index in [0.717, 1.165) is 5.56 Å². The highest BCUT2D eigenvalue weighted by Crippen LogP contribution is 2.39. The van der Waals surface area contributed by atoms with Gasteiger partial charge in [-0.05, 0) is 50.6 Å². The van der Waals surface area contributed by atoms with Crippen LogP contribution in [0.3, 0.4) is 0 Å². The van der Waals surface area contributed by atoms with Crippen LogP contribution in [0.1, 0.15) is 26.3 Å². The molecule has 3 aromatic rings. The van der Waals surface area contributed by atoms with Gasteiger partial charge in [0.1, 0.15) is 17.5 Å². The first-order valence-corrected chi connectivity index (χ1v) is 12.0. The zero-order valence-corrected chi connectivity index (χ0v) is 20.7. The van der Waals surface area contributed by atoms with E-state index in [0.29, 0.717) is 15.6 Å². The molecule has 0 radical (unpaired) electrons. The second-order valence-corrected chi connectivity index (χ2v) is 10.3. The Hall–Kier alpha value is -3.31. The number of halogens is 2. The van der Waals surface area contributed by atoms with E-state index in [-0.39, 0.29) is 35.7 Å². The van der Waals surface area contributed by atoms with Gasteiger partial charge in [-0.1, -0.05) is 28.8 Å². The summed E-state index contributed by atoms with van der Waals surface area (Å²) in [7, 11) is 0. The number of fused-ring (bicyclic) bond motifs is 1. The average Bonchev–Trinajstić information content (AvgIpc) is 3.16. The van der Waals surface area contributed by atoms with Crippen LogP contribution in [-0.4, -0.2) is 39.6 Å². The van der Waals surface area contributed by atoms with Crippen LogP contribution < -0.4 is 16.0 Å². The van der Waals surface area contributed by atoms with Crippen LogP contribution in [0, 0.1) is 5.82 Å². The molecule has 0 saturated carbocycles. The number of aromatic nitrogens is 2. The molecule has 0 unspecified atom stereocenters. The Morgan fingerprint density at radius 2 is 2.03 bits per heavy atom. The normalized spacial score (nSPS) is 16.0. The molecule has 2 aromatic carbocycles. The fraction of sp³-hybridized carbons (Fsp3) is 0.304. The largest absolute Gasteiger partial charge is 0.444 e. The van der Waals surface area contributed by atoms with E-state index in [1.165, 1.54) is 28.8 Å². The van der Waals surface area contributed by atoms with Crippen LogP contribution in [0.15, 0.2) is 45.7 Å². The lowest BCUT2D eigenvalue weighted by Crippen LogP contribution is -2.50. The fourth-order valence-electron chi connectivity index (χ4n) is 3.42. The van der Waals surface area contributed by atoms with Crippen molar-refractivity contribution >= 4 is 47.1 Å². The zero-order chi connectivity index (χ0) is 25.3. The van der Waals surface area contributed by atoms with Gasteiger partial charge in [-0.25, -0.2) is 9.18 Å². The van der Waals surface area contributed by atoms with Crippen molar-refractivity contribution in [3.05, 3.63) is 52.8 Å². The summed E-state index contributed by atoms with van der Waals surface area (Å²) in [6.07, 6.45) is -0.720. The summed E-state index contributed by atoms with van der Waals surface area (Å²) in [5, 5.41) is 10.5. The molecule has 0 spiro atoms. The highest BCUT2D eigenvalue weighted by molar-refractivity contribution is 7.99. The standard InChI is InChI=1S/C23H23ClFN5O4S/c1-23(2,3)34-22(32)27-16-11-35-18-9-15(25)14(19-28-29-21(26)33-19)8-17(18)30(20(16)31)10-12-4-6-13(24)7-5-12/h4-9,16H,10-11H2,1-3H3,(H2,26,29)(H,27,32)/t16-/m0/s1. The monoisotopic (exact) mass is 519 g/mol. The van der Waals surface area contributed by atoms with Crippen molar-refractivity contribution in [2.45, 2.75) is 43.9 Å². The second kappa shape index (κ2) is 9.74. The first kappa shape index (κ1) is 24.8. The number of anilines is 2. The van der Waals surface area contributed by atoms with Crippen LogP contribution in [0.4, 0.5) is 20.9 Å². The summed E-state index contributed by atoms with van der Waals surface area (Å²) in [5.41, 5.74) is 5.98. The average molecular weight is 520 g/mol. The molecule has 9 nitrogen and oxygen atoms in total. The number of carbonyl (C=O) groups excluding carboxylic acids is 2. The number of thioether (sulfide) groups is 1. The van der Waals surface area contributed by atoms with E-state index in [2.05, 4.69) is 15.5 Å². The Balaban J connectivity index is 1.73. The maximum Gasteiger partial charge on any atom is 0.408 e. The Bertz CT molecular complexity index is 1260. The maximum absolute atomic E-state index is 15.0. The van der Waals surface area contributed by atoms with Gasteiger partial charge >= 0.3 is 12.1 Å². The molecular weight excluding hydrogens is 497 g/mol. The number of amides is 2. The predicted octanol–water partition coefficient (Wildman–Crippen LogP) is 4.64. The third kappa shape index (κ3) is 5.85. The van der Waals surface area contributed by atoms with Gasteiger partial charge in [0.15, 0.2) is 0 Å². The Kier molecular flexibility index (Phi) is 6.91. The number of ether oxygens (including phenoxy) is 1. The lowest BCUT2D eigenvalue weighted by Gasteiger charge is -2.27. The summed E-state index contributed by atoms with van der Waals surface area (Å²) < 4.78 is 25.5. The topological polar surface area (TPSA) is 124 Å². The molecule has 2 amide bonds. The summed E-state index contributed by atoms with van der Waals surface area (Å²) in [6, 6.07) is 8.63. The van der Waals surface area contributed by atoms with Crippen molar-refractivity contribution in [2.24, 2.45) is 0 Å². The number of nitrogens with one attached hydrogen (secondary N) is 1. The number of rotatable bonds is 4. The number of benzene rings is 2. The molecule has 12 heteroatoms. The second-order valence-electron chi connectivity index (χ2n) is 8.81. The molecule has 1 aliphatic rings. The summed E-state index contributed by atoms with van der Waals surface area (Å²) in [4.78, 5) is 28.1. The van der Waals surface area contributed by atoms with Crippen molar-refractivity contribution in [3.63, 3.8) is 0 Å². The van der Waals surface area contributed by atoms with Gasteiger partial charge in [0, 0.05) is 15.7 Å². The van der Waals surface area contributed by atoms with Crippen LogP contribution in [0.2, 0.25) is 5.02 Å². The molecule has 1 atom stereocenters. The Morgan fingerprint density at radius 3 is 2.66 bits per heavy atom. The Morgan fingerprint density at radius 1 is 1.31 bits per heavy atom. The quantitative estimate of drug-likeness (QED) is 0.510. The van der Waals surface area contributed by atoms with Gasteiger partial charge in [0.25, 0.3) is 11.8 Å². The van der Waals surface area contributed by atoms with E-state index in [1.54, 1.807) is 45.0 Å².